The van der Waals surface area contributed by atoms with Gasteiger partial charge in [-0.2, -0.15) is 0 Å². The summed E-state index contributed by atoms with van der Waals surface area (Å²) in [6, 6.07) is -1.86. The predicted molar refractivity (Wildman–Crippen MR) is 61.1 cm³/mol. The highest BCUT2D eigenvalue weighted by Gasteiger charge is 2.19. The first kappa shape index (κ1) is 15.4. The molecular formula is C10H19N3O4. The molecule has 98 valence electrons. The molecule has 17 heavy (non-hydrogen) atoms. The molecule has 0 fully saturated rings. The Labute approximate surface area is 99.7 Å². The highest BCUT2D eigenvalue weighted by molar-refractivity contribution is 5.87. The Morgan fingerprint density at radius 1 is 1.35 bits per heavy atom. The minimum absolute atomic E-state index is 0.143. The van der Waals surface area contributed by atoms with E-state index in [1.807, 2.05) is 0 Å². The van der Waals surface area contributed by atoms with Crippen molar-refractivity contribution in [3.63, 3.8) is 0 Å². The molecular weight excluding hydrogens is 226 g/mol. The Bertz CT molecular complexity index is 293. The zero-order valence-corrected chi connectivity index (χ0v) is 10.0. The Kier molecular flexibility index (Phi) is 6.88. The molecule has 0 rings (SSSR count). The Morgan fingerprint density at radius 2 is 1.94 bits per heavy atom. The average Bonchev–Trinajstić information content (AvgIpc) is 2.25. The third kappa shape index (κ3) is 6.52. The fraction of sp³-hybridized carbons (Fsp3) is 0.700. The summed E-state index contributed by atoms with van der Waals surface area (Å²) < 4.78 is 0. The van der Waals surface area contributed by atoms with Gasteiger partial charge < -0.3 is 21.5 Å². The van der Waals surface area contributed by atoms with E-state index in [2.05, 4.69) is 10.6 Å². The second-order valence-electron chi connectivity index (χ2n) is 3.67. The molecule has 0 aliphatic rings. The number of rotatable bonds is 7. The van der Waals surface area contributed by atoms with Crippen LogP contribution in [0.5, 0.6) is 0 Å². The van der Waals surface area contributed by atoms with E-state index >= 15 is 0 Å². The van der Waals surface area contributed by atoms with Gasteiger partial charge in [-0.25, -0.2) is 0 Å². The van der Waals surface area contributed by atoms with Gasteiger partial charge in [0.15, 0.2) is 0 Å². The lowest BCUT2D eigenvalue weighted by molar-refractivity contribution is -0.141. The van der Waals surface area contributed by atoms with E-state index in [0.29, 0.717) is 6.54 Å². The van der Waals surface area contributed by atoms with Crippen LogP contribution in [0.2, 0.25) is 0 Å². The number of amides is 2. The van der Waals surface area contributed by atoms with E-state index in [9.17, 15) is 14.4 Å². The zero-order chi connectivity index (χ0) is 13.4. The van der Waals surface area contributed by atoms with Crippen molar-refractivity contribution in [1.29, 1.82) is 0 Å². The Balaban J connectivity index is 3.97. The van der Waals surface area contributed by atoms with Gasteiger partial charge in [0, 0.05) is 13.0 Å². The summed E-state index contributed by atoms with van der Waals surface area (Å²) in [5.74, 6) is -1.87. The van der Waals surface area contributed by atoms with Crippen LogP contribution in [-0.4, -0.2) is 41.5 Å². The van der Waals surface area contributed by atoms with Crippen molar-refractivity contribution in [2.24, 2.45) is 5.73 Å². The number of nitrogens with one attached hydrogen (secondary N) is 2. The molecule has 2 atom stereocenters. The number of carboxylic acids is 1. The fourth-order valence-electron chi connectivity index (χ4n) is 1.09. The summed E-state index contributed by atoms with van der Waals surface area (Å²) in [5, 5.41) is 13.4. The van der Waals surface area contributed by atoms with Gasteiger partial charge in [0.2, 0.25) is 11.8 Å². The molecule has 0 aliphatic heterocycles. The normalized spacial score (nSPS) is 13.6. The van der Waals surface area contributed by atoms with Gasteiger partial charge >= 0.3 is 5.97 Å². The largest absolute Gasteiger partial charge is 0.480 e. The molecule has 0 aromatic rings. The summed E-state index contributed by atoms with van der Waals surface area (Å²) in [7, 11) is 0. The number of hydrogen-bond donors (Lipinski definition) is 4. The van der Waals surface area contributed by atoms with Crippen molar-refractivity contribution in [3.05, 3.63) is 0 Å². The fourth-order valence-corrected chi connectivity index (χ4v) is 1.09. The molecule has 0 heterocycles. The Morgan fingerprint density at radius 3 is 2.41 bits per heavy atom. The first-order chi connectivity index (χ1) is 7.88. The standard InChI is InChI=1S/C10H19N3O4/c1-3-12-8(14)5-4-7(11)9(15)13-6(2)10(16)17/h6-7H,3-5,11H2,1-2H3,(H,12,14)(H,13,15)(H,16,17)/t6-,7-/m0/s1. The third-order valence-corrected chi connectivity index (χ3v) is 2.12. The summed E-state index contributed by atoms with van der Waals surface area (Å²) in [5.41, 5.74) is 5.53. The van der Waals surface area contributed by atoms with Crippen LogP contribution in [0.4, 0.5) is 0 Å². The maximum absolute atomic E-state index is 11.4. The predicted octanol–water partition coefficient (Wildman–Crippen LogP) is -1.18. The van der Waals surface area contributed by atoms with Gasteiger partial charge in [0.05, 0.1) is 6.04 Å². The summed E-state index contributed by atoms with van der Waals surface area (Å²) >= 11 is 0. The van der Waals surface area contributed by atoms with Gasteiger partial charge in [0.25, 0.3) is 0 Å². The number of aliphatic carboxylic acids is 1. The summed E-state index contributed by atoms with van der Waals surface area (Å²) in [4.78, 5) is 33.0. The minimum atomic E-state index is -1.13. The van der Waals surface area contributed by atoms with E-state index in [4.69, 9.17) is 10.8 Å². The van der Waals surface area contributed by atoms with E-state index in [1.54, 1.807) is 6.92 Å². The molecule has 0 aliphatic carbocycles. The van der Waals surface area contributed by atoms with Crippen molar-refractivity contribution >= 4 is 17.8 Å². The van der Waals surface area contributed by atoms with Crippen LogP contribution in [0.15, 0.2) is 0 Å². The van der Waals surface area contributed by atoms with Crippen LogP contribution in [0.25, 0.3) is 0 Å². The van der Waals surface area contributed by atoms with E-state index in [0.717, 1.165) is 0 Å². The first-order valence-electron chi connectivity index (χ1n) is 5.44. The molecule has 0 saturated carbocycles. The molecule has 0 aromatic carbocycles. The number of nitrogens with two attached hydrogens (primary N) is 1. The lowest BCUT2D eigenvalue weighted by atomic mass is 10.1. The number of carbonyl (C=O) groups excluding carboxylic acids is 2. The molecule has 0 bridgehead atoms. The van der Waals surface area contributed by atoms with Gasteiger partial charge in [-0.15, -0.1) is 0 Å². The topological polar surface area (TPSA) is 122 Å². The molecule has 7 nitrogen and oxygen atoms in total. The van der Waals surface area contributed by atoms with Crippen LogP contribution >= 0.6 is 0 Å². The van der Waals surface area contributed by atoms with Gasteiger partial charge in [-0.05, 0) is 20.3 Å². The van der Waals surface area contributed by atoms with Crippen LogP contribution in [0.1, 0.15) is 26.7 Å². The van der Waals surface area contributed by atoms with Crippen LogP contribution < -0.4 is 16.4 Å². The third-order valence-electron chi connectivity index (χ3n) is 2.12. The van der Waals surface area contributed by atoms with Gasteiger partial charge in [-0.1, -0.05) is 0 Å². The minimum Gasteiger partial charge on any atom is -0.480 e. The molecule has 5 N–H and O–H groups in total. The lowest BCUT2D eigenvalue weighted by Crippen LogP contribution is -2.47. The van der Waals surface area contributed by atoms with Crippen LogP contribution in [-0.2, 0) is 14.4 Å². The quantitative estimate of drug-likeness (QED) is 0.450. The molecule has 0 aromatic heterocycles. The highest BCUT2D eigenvalue weighted by Crippen LogP contribution is 1.96. The van der Waals surface area contributed by atoms with E-state index < -0.39 is 24.0 Å². The summed E-state index contributed by atoms with van der Waals surface area (Å²) in [6.07, 6.45) is 0.327. The number of carboxylic acid groups (broad SMARTS) is 1. The van der Waals surface area contributed by atoms with Crippen molar-refractivity contribution in [3.8, 4) is 0 Å². The molecule has 0 radical (unpaired) electrons. The van der Waals surface area contributed by atoms with Crippen LogP contribution in [0.3, 0.4) is 0 Å². The average molecular weight is 245 g/mol. The summed E-state index contributed by atoms with van der Waals surface area (Å²) in [6.45, 7) is 3.66. The Hall–Kier alpha value is -1.63. The SMILES string of the molecule is CCNC(=O)CC[C@H](N)C(=O)N[C@@H](C)C(=O)O. The van der Waals surface area contributed by atoms with E-state index in [-0.39, 0.29) is 18.7 Å². The van der Waals surface area contributed by atoms with Gasteiger partial charge in [0.1, 0.15) is 6.04 Å². The molecule has 0 spiro atoms. The smallest absolute Gasteiger partial charge is 0.325 e. The molecule has 2 amide bonds. The first-order valence-corrected chi connectivity index (χ1v) is 5.44. The lowest BCUT2D eigenvalue weighted by Gasteiger charge is -2.14. The number of hydrogen-bond acceptors (Lipinski definition) is 4. The van der Waals surface area contributed by atoms with Crippen LogP contribution in [0, 0.1) is 0 Å². The van der Waals surface area contributed by atoms with E-state index in [1.165, 1.54) is 6.92 Å². The zero-order valence-electron chi connectivity index (χ0n) is 10.0. The van der Waals surface area contributed by atoms with Crippen molar-refractivity contribution in [1.82, 2.24) is 10.6 Å². The maximum atomic E-state index is 11.4. The molecule has 7 heteroatoms. The molecule has 0 saturated heterocycles. The number of carbonyl (C=O) groups is 3. The van der Waals surface area contributed by atoms with Crippen molar-refractivity contribution in [2.45, 2.75) is 38.8 Å². The van der Waals surface area contributed by atoms with Crippen molar-refractivity contribution in [2.75, 3.05) is 6.54 Å². The second-order valence-corrected chi connectivity index (χ2v) is 3.67. The van der Waals surface area contributed by atoms with Crippen molar-refractivity contribution < 1.29 is 19.5 Å². The highest BCUT2D eigenvalue weighted by atomic mass is 16.4. The molecule has 0 unspecified atom stereocenters. The van der Waals surface area contributed by atoms with Gasteiger partial charge in [-0.3, -0.25) is 14.4 Å². The maximum Gasteiger partial charge on any atom is 0.325 e. The monoisotopic (exact) mass is 245 g/mol. The second kappa shape index (κ2) is 7.61.